The van der Waals surface area contributed by atoms with E-state index in [1.807, 2.05) is 0 Å². The third-order valence-corrected chi connectivity index (χ3v) is 1.16. The van der Waals surface area contributed by atoms with Crippen molar-refractivity contribution < 1.29 is 42.9 Å². The Balaban J connectivity index is 0. The monoisotopic (exact) mass is 204 g/mol. The van der Waals surface area contributed by atoms with Gasteiger partial charge in [-0.25, -0.2) is 0 Å². The molecule has 5 nitrogen and oxygen atoms in total. The van der Waals surface area contributed by atoms with Crippen LogP contribution in [0.2, 0.25) is 0 Å². The first-order chi connectivity index (χ1) is 4.63. The van der Waals surface area contributed by atoms with Crippen LogP contribution in [-0.4, -0.2) is 57.1 Å². The van der Waals surface area contributed by atoms with Crippen molar-refractivity contribution in [3.63, 3.8) is 0 Å². The first kappa shape index (κ1) is 13.9. The van der Waals surface area contributed by atoms with E-state index in [0.717, 1.165) is 0 Å². The molecule has 0 aromatic heterocycles. The molecule has 0 amide bonds. The largest absolute Gasteiger partial charge is 0.394 e. The molecule has 0 heterocycles. The van der Waals surface area contributed by atoms with Crippen LogP contribution in [0.25, 0.3) is 0 Å². The maximum absolute atomic E-state index is 8.77. The van der Waals surface area contributed by atoms with E-state index in [-0.39, 0.29) is 17.4 Å². The summed E-state index contributed by atoms with van der Waals surface area (Å²) in [4.78, 5) is 0. The Labute approximate surface area is 75.0 Å². The van der Waals surface area contributed by atoms with E-state index in [1.165, 1.54) is 0 Å². The fourth-order valence-electron chi connectivity index (χ4n) is 0.472. The van der Waals surface area contributed by atoms with Crippen molar-refractivity contribution in [3.05, 3.63) is 0 Å². The van der Waals surface area contributed by atoms with Crippen LogP contribution in [0.3, 0.4) is 0 Å². The van der Waals surface area contributed by atoms with Crippen LogP contribution >= 0.6 is 0 Å². The van der Waals surface area contributed by atoms with Gasteiger partial charge in [0.1, 0.15) is 18.3 Å². The molecule has 0 bridgehead atoms. The molecule has 0 aliphatic carbocycles. The van der Waals surface area contributed by atoms with Crippen LogP contribution < -0.4 is 0 Å². The summed E-state index contributed by atoms with van der Waals surface area (Å²) in [5.74, 6) is 0. The van der Waals surface area contributed by atoms with Crippen molar-refractivity contribution >= 4 is 0 Å². The summed E-state index contributed by atoms with van der Waals surface area (Å²) < 4.78 is 0. The first-order valence-corrected chi connectivity index (χ1v) is 2.89. The van der Waals surface area contributed by atoms with E-state index in [0.29, 0.717) is 0 Å². The molecule has 0 radical (unpaired) electrons. The molecule has 0 aliphatic heterocycles. The van der Waals surface area contributed by atoms with Crippen LogP contribution in [0, 0.1) is 0 Å². The minimum Gasteiger partial charge on any atom is -0.394 e. The Bertz CT molecular complexity index is 80.9. The Kier molecular flexibility index (Phi) is 8.85. The molecule has 6 heteroatoms. The Morgan fingerprint density at radius 1 is 0.818 bits per heavy atom. The second kappa shape index (κ2) is 7.01. The zero-order valence-electron chi connectivity index (χ0n) is 5.79. The molecule has 0 spiro atoms. The maximum atomic E-state index is 8.77. The van der Waals surface area contributed by atoms with Gasteiger partial charge in [0.2, 0.25) is 0 Å². The van der Waals surface area contributed by atoms with Gasteiger partial charge in [-0.05, 0) is 0 Å². The quantitative estimate of drug-likeness (QED) is 0.337. The molecular weight excluding hydrogens is 192 g/mol. The topological polar surface area (TPSA) is 101 Å². The summed E-state index contributed by atoms with van der Waals surface area (Å²) >= 11 is 0. The standard InChI is InChI=1S/C5H12O5.Cr/c6-1-3(8)5(10)4(9)2-7;/h3-10H,1-2H2;/t3-,4+,5+;. The van der Waals surface area contributed by atoms with Gasteiger partial charge in [0.05, 0.1) is 13.2 Å². The summed E-state index contributed by atoms with van der Waals surface area (Å²) in [5.41, 5.74) is 0. The van der Waals surface area contributed by atoms with Gasteiger partial charge in [-0.1, -0.05) is 0 Å². The second-order valence-corrected chi connectivity index (χ2v) is 1.99. The summed E-state index contributed by atoms with van der Waals surface area (Å²) in [6, 6.07) is 0. The van der Waals surface area contributed by atoms with Crippen molar-refractivity contribution in [1.29, 1.82) is 0 Å². The predicted molar refractivity (Wildman–Crippen MR) is 32.2 cm³/mol. The fourth-order valence-corrected chi connectivity index (χ4v) is 0.472. The van der Waals surface area contributed by atoms with Gasteiger partial charge in [-0.2, -0.15) is 0 Å². The Hall–Kier alpha value is 0.332. The van der Waals surface area contributed by atoms with E-state index in [9.17, 15) is 0 Å². The third kappa shape index (κ3) is 4.72. The number of rotatable bonds is 4. The molecular formula is C5H12CrO5. The van der Waals surface area contributed by atoms with Crippen LogP contribution in [-0.2, 0) is 17.4 Å². The molecule has 0 rings (SSSR count). The van der Waals surface area contributed by atoms with Gasteiger partial charge in [0.25, 0.3) is 0 Å². The summed E-state index contributed by atoms with van der Waals surface area (Å²) in [6.07, 6.45) is -4.29. The summed E-state index contributed by atoms with van der Waals surface area (Å²) in [7, 11) is 0. The van der Waals surface area contributed by atoms with Crippen molar-refractivity contribution in [2.24, 2.45) is 0 Å². The summed E-state index contributed by atoms with van der Waals surface area (Å²) in [5, 5.41) is 42.6. The maximum Gasteiger partial charge on any atom is 0.110 e. The fraction of sp³-hybridized carbons (Fsp3) is 1.00. The zero-order chi connectivity index (χ0) is 8.15. The van der Waals surface area contributed by atoms with Crippen molar-refractivity contribution in [3.8, 4) is 0 Å². The van der Waals surface area contributed by atoms with Gasteiger partial charge >= 0.3 is 0 Å². The van der Waals surface area contributed by atoms with E-state index >= 15 is 0 Å². The molecule has 5 N–H and O–H groups in total. The molecule has 0 fully saturated rings. The van der Waals surface area contributed by atoms with E-state index in [1.54, 1.807) is 0 Å². The van der Waals surface area contributed by atoms with Crippen LogP contribution in [0.4, 0.5) is 0 Å². The van der Waals surface area contributed by atoms with Crippen LogP contribution in [0.5, 0.6) is 0 Å². The first-order valence-electron chi connectivity index (χ1n) is 2.89. The molecule has 0 saturated carbocycles. The van der Waals surface area contributed by atoms with Crippen molar-refractivity contribution in [2.45, 2.75) is 18.3 Å². The number of aliphatic hydroxyl groups is 5. The van der Waals surface area contributed by atoms with E-state index in [2.05, 4.69) is 0 Å². The molecule has 11 heavy (non-hydrogen) atoms. The van der Waals surface area contributed by atoms with Crippen molar-refractivity contribution in [1.82, 2.24) is 0 Å². The van der Waals surface area contributed by atoms with Gasteiger partial charge < -0.3 is 25.5 Å². The van der Waals surface area contributed by atoms with Crippen LogP contribution in [0.15, 0.2) is 0 Å². The second-order valence-electron chi connectivity index (χ2n) is 1.99. The zero-order valence-corrected chi connectivity index (χ0v) is 7.07. The minimum absolute atomic E-state index is 0. The SMILES string of the molecule is OC[C@@H](O)[C@H](O)[C@@H](O)CO.[Cr]. The molecule has 0 saturated heterocycles. The van der Waals surface area contributed by atoms with Gasteiger partial charge in [0.15, 0.2) is 0 Å². The number of hydrogen-bond donors (Lipinski definition) is 5. The normalized spacial score (nSPS) is 18.3. The molecule has 0 aromatic carbocycles. The average Bonchev–Trinajstić information content (AvgIpc) is 2.00. The predicted octanol–water partition coefficient (Wildman–Crippen LogP) is -2.95. The molecule has 68 valence electrons. The Morgan fingerprint density at radius 3 is 1.27 bits per heavy atom. The number of hydrogen-bond acceptors (Lipinski definition) is 5. The molecule has 0 unspecified atom stereocenters. The van der Waals surface area contributed by atoms with Crippen molar-refractivity contribution in [2.75, 3.05) is 13.2 Å². The molecule has 0 aliphatic rings. The van der Waals surface area contributed by atoms with E-state index < -0.39 is 31.5 Å². The van der Waals surface area contributed by atoms with Gasteiger partial charge in [-0.15, -0.1) is 0 Å². The molecule has 0 aromatic rings. The minimum atomic E-state index is -1.49. The molecule has 3 atom stereocenters. The van der Waals surface area contributed by atoms with Gasteiger partial charge in [-0.3, -0.25) is 0 Å². The van der Waals surface area contributed by atoms with Crippen LogP contribution in [0.1, 0.15) is 0 Å². The van der Waals surface area contributed by atoms with E-state index in [4.69, 9.17) is 25.5 Å². The Morgan fingerprint density at radius 2 is 1.09 bits per heavy atom. The van der Waals surface area contributed by atoms with Gasteiger partial charge in [0, 0.05) is 17.4 Å². The average molecular weight is 204 g/mol. The third-order valence-electron chi connectivity index (χ3n) is 1.16. The number of aliphatic hydroxyl groups excluding tert-OH is 5. The smallest absolute Gasteiger partial charge is 0.110 e. The summed E-state index contributed by atoms with van der Waals surface area (Å²) in [6.45, 7) is -1.28.